The SMILES string of the molecule is O=C(Nc1nc2ccc(OS(=O)(=O)c3ccc(NCCN4CCCCC4)cc3)cc2[nH]1)C1CC1.O=S(=O)(O)c1ccc(NCCCN2CCCC2)cc1. The number of hydrogen-bond donors (Lipinski definition) is 5. The van der Waals surface area contributed by atoms with E-state index in [-0.39, 0.29) is 27.4 Å². The van der Waals surface area contributed by atoms with E-state index < -0.39 is 20.2 Å². The molecule has 2 saturated heterocycles. The lowest BCUT2D eigenvalue weighted by molar-refractivity contribution is -0.117. The first-order chi connectivity index (χ1) is 25.5. The Hall–Kier alpha value is -4.22. The summed E-state index contributed by atoms with van der Waals surface area (Å²) in [6.45, 7) is 8.49. The number of aromatic amines is 1. The number of hydrogen-bond acceptors (Lipinski definition) is 11. The molecule has 3 fully saturated rings. The van der Waals surface area contributed by atoms with E-state index in [1.165, 1.54) is 57.3 Å². The molecule has 14 nitrogen and oxygen atoms in total. The Kier molecular flexibility index (Phi) is 12.9. The van der Waals surface area contributed by atoms with Crippen molar-refractivity contribution in [1.82, 2.24) is 19.8 Å². The number of nitrogens with one attached hydrogen (secondary N) is 4. The molecule has 4 aromatic rings. The number of benzene rings is 3. The molecule has 1 amide bonds. The van der Waals surface area contributed by atoms with Crippen molar-refractivity contribution in [1.29, 1.82) is 0 Å². The van der Waals surface area contributed by atoms with Gasteiger partial charge in [-0.1, -0.05) is 6.42 Å². The minimum absolute atomic E-state index is 0.0532. The summed E-state index contributed by atoms with van der Waals surface area (Å²) in [4.78, 5) is 24.2. The van der Waals surface area contributed by atoms with Crippen molar-refractivity contribution in [3.8, 4) is 5.75 Å². The second kappa shape index (κ2) is 17.7. The number of likely N-dealkylation sites (tertiary alicyclic amines) is 2. The van der Waals surface area contributed by atoms with Crippen molar-refractivity contribution in [3.05, 3.63) is 66.7 Å². The third kappa shape index (κ3) is 11.6. The molecule has 0 bridgehead atoms. The number of H-pyrrole nitrogens is 1. The van der Waals surface area contributed by atoms with Gasteiger partial charge in [0.05, 0.1) is 15.9 Å². The summed E-state index contributed by atoms with van der Waals surface area (Å²) < 4.78 is 61.5. The smallest absolute Gasteiger partial charge is 0.339 e. The summed E-state index contributed by atoms with van der Waals surface area (Å²) in [6.07, 6.45) is 9.33. The van der Waals surface area contributed by atoms with Crippen LogP contribution in [0.25, 0.3) is 11.0 Å². The molecular formula is C37H49N7O7S2. The molecule has 1 aliphatic carbocycles. The van der Waals surface area contributed by atoms with Crippen LogP contribution in [0.4, 0.5) is 17.3 Å². The molecule has 286 valence electrons. The highest BCUT2D eigenvalue weighted by molar-refractivity contribution is 7.87. The molecule has 16 heteroatoms. The lowest BCUT2D eigenvalue weighted by atomic mass is 10.1. The van der Waals surface area contributed by atoms with Gasteiger partial charge in [-0.15, -0.1) is 0 Å². The fourth-order valence-electron chi connectivity index (χ4n) is 6.41. The molecular weight excluding hydrogens is 719 g/mol. The summed E-state index contributed by atoms with van der Waals surface area (Å²) in [6, 6.07) is 17.5. The summed E-state index contributed by atoms with van der Waals surface area (Å²) in [7, 11) is -8.08. The van der Waals surface area contributed by atoms with Gasteiger partial charge in [0.15, 0.2) is 0 Å². The highest BCUT2D eigenvalue weighted by Crippen LogP contribution is 2.30. The molecule has 3 aromatic carbocycles. The van der Waals surface area contributed by atoms with Crippen molar-refractivity contribution >= 4 is 54.5 Å². The Bertz CT molecular complexity index is 2020. The minimum atomic E-state index is -4.09. The molecule has 7 rings (SSSR count). The Morgan fingerprint density at radius 2 is 1.36 bits per heavy atom. The van der Waals surface area contributed by atoms with Gasteiger partial charge in [-0.25, -0.2) is 4.98 Å². The van der Waals surface area contributed by atoms with Gasteiger partial charge in [-0.05, 0) is 138 Å². The molecule has 3 heterocycles. The number of piperidine rings is 1. The van der Waals surface area contributed by atoms with E-state index in [9.17, 15) is 21.6 Å². The van der Waals surface area contributed by atoms with Crippen LogP contribution < -0.4 is 20.1 Å². The number of carbonyl (C=O) groups is 1. The Labute approximate surface area is 311 Å². The normalized spacial score (nSPS) is 16.8. The van der Waals surface area contributed by atoms with Crippen LogP contribution in [0.3, 0.4) is 0 Å². The minimum Gasteiger partial charge on any atom is -0.385 e. The molecule has 1 aromatic heterocycles. The molecule has 53 heavy (non-hydrogen) atoms. The maximum atomic E-state index is 12.8. The van der Waals surface area contributed by atoms with Crippen molar-refractivity contribution in [3.63, 3.8) is 0 Å². The summed E-state index contributed by atoms with van der Waals surface area (Å²) in [5.74, 6) is 0.520. The zero-order valence-electron chi connectivity index (χ0n) is 29.8. The fraction of sp³-hybridized carbons (Fsp3) is 0.459. The zero-order valence-corrected chi connectivity index (χ0v) is 31.4. The first-order valence-electron chi connectivity index (χ1n) is 18.4. The van der Waals surface area contributed by atoms with Crippen LogP contribution >= 0.6 is 0 Å². The number of amides is 1. The maximum absolute atomic E-state index is 12.8. The monoisotopic (exact) mass is 767 g/mol. The lowest BCUT2D eigenvalue weighted by Gasteiger charge is -2.26. The van der Waals surface area contributed by atoms with Crippen LogP contribution in [0, 0.1) is 5.92 Å². The van der Waals surface area contributed by atoms with Crippen molar-refractivity contribution < 1.29 is 30.4 Å². The highest BCUT2D eigenvalue weighted by Gasteiger charge is 2.30. The number of nitrogens with zero attached hydrogens (tertiary/aromatic N) is 3. The van der Waals surface area contributed by atoms with Crippen molar-refractivity contribution in [2.45, 2.75) is 61.2 Å². The van der Waals surface area contributed by atoms with Crippen LogP contribution in [-0.2, 0) is 25.0 Å². The van der Waals surface area contributed by atoms with E-state index in [2.05, 4.69) is 35.7 Å². The van der Waals surface area contributed by atoms with E-state index in [0.29, 0.717) is 17.0 Å². The second-order valence-electron chi connectivity index (χ2n) is 13.7. The molecule has 0 unspecified atom stereocenters. The predicted octanol–water partition coefficient (Wildman–Crippen LogP) is 5.41. The van der Waals surface area contributed by atoms with Gasteiger partial charge in [-0.2, -0.15) is 16.8 Å². The first-order valence-corrected chi connectivity index (χ1v) is 21.2. The quantitative estimate of drug-likeness (QED) is 0.0590. The van der Waals surface area contributed by atoms with Gasteiger partial charge in [0.25, 0.3) is 10.1 Å². The van der Waals surface area contributed by atoms with Crippen LogP contribution in [0.15, 0.2) is 76.5 Å². The average molecular weight is 768 g/mol. The third-order valence-electron chi connectivity index (χ3n) is 9.53. The summed E-state index contributed by atoms with van der Waals surface area (Å²) >= 11 is 0. The van der Waals surface area contributed by atoms with Gasteiger partial charge in [-0.3, -0.25) is 14.7 Å². The van der Waals surface area contributed by atoms with Crippen LogP contribution in [0.2, 0.25) is 0 Å². The van der Waals surface area contributed by atoms with Gasteiger partial charge in [0, 0.05) is 43.0 Å². The van der Waals surface area contributed by atoms with Crippen molar-refractivity contribution in [2.75, 3.05) is 68.3 Å². The first kappa shape index (κ1) is 38.5. The molecule has 0 atom stereocenters. The number of anilines is 3. The van der Waals surface area contributed by atoms with E-state index in [4.69, 9.17) is 8.74 Å². The third-order valence-corrected chi connectivity index (χ3v) is 11.7. The molecule has 0 spiro atoms. The number of imidazole rings is 1. The van der Waals surface area contributed by atoms with Gasteiger partial charge in [0.2, 0.25) is 11.9 Å². The van der Waals surface area contributed by atoms with Crippen molar-refractivity contribution in [2.24, 2.45) is 5.92 Å². The average Bonchev–Trinajstić information content (AvgIpc) is 3.73. The lowest BCUT2D eigenvalue weighted by Crippen LogP contribution is -2.33. The second-order valence-corrected chi connectivity index (χ2v) is 16.7. The van der Waals surface area contributed by atoms with Gasteiger partial charge >= 0.3 is 10.1 Å². The summed E-state index contributed by atoms with van der Waals surface area (Å²) in [5, 5.41) is 9.34. The Balaban J connectivity index is 0.000000214. The molecule has 3 aliphatic rings. The Morgan fingerprint density at radius 3 is 1.98 bits per heavy atom. The van der Waals surface area contributed by atoms with Gasteiger partial charge < -0.3 is 29.6 Å². The zero-order chi connectivity index (χ0) is 37.3. The predicted molar refractivity (Wildman–Crippen MR) is 206 cm³/mol. The Morgan fingerprint density at radius 1 is 0.774 bits per heavy atom. The largest absolute Gasteiger partial charge is 0.385 e. The maximum Gasteiger partial charge on any atom is 0.339 e. The standard InChI is InChI=1S/C24H29N5O4S.C13H20N2O3S/c30-23(17-4-5-17)28-24-26-21-11-8-19(16-22(21)27-24)33-34(31,32)20-9-6-18(7-10-20)25-12-15-29-13-2-1-3-14-29;16-19(17,18)13-6-4-12(5-7-13)14-8-3-11-15-9-1-2-10-15/h6-11,16-17,25H,1-5,12-15H2,(H2,26,27,28,30);4-7,14H,1-3,8-11H2,(H,16,17,18). The van der Waals surface area contributed by atoms with Crippen LogP contribution in [0.5, 0.6) is 5.75 Å². The fourth-order valence-corrected chi connectivity index (χ4v) is 7.81. The van der Waals surface area contributed by atoms with E-state index in [1.807, 2.05) is 0 Å². The van der Waals surface area contributed by atoms with E-state index in [0.717, 1.165) is 69.9 Å². The van der Waals surface area contributed by atoms with E-state index in [1.54, 1.807) is 54.6 Å². The summed E-state index contributed by atoms with van der Waals surface area (Å²) in [5.41, 5.74) is 2.92. The van der Waals surface area contributed by atoms with Crippen LogP contribution in [-0.4, -0.2) is 99.4 Å². The molecule has 1 saturated carbocycles. The molecule has 2 aliphatic heterocycles. The molecule has 5 N–H and O–H groups in total. The highest BCUT2D eigenvalue weighted by atomic mass is 32.2. The van der Waals surface area contributed by atoms with E-state index >= 15 is 0 Å². The topological polar surface area (TPSA) is 186 Å². The number of aromatic nitrogens is 2. The number of fused-ring (bicyclic) bond motifs is 1. The number of carbonyl (C=O) groups excluding carboxylic acids is 1. The number of rotatable bonds is 15. The molecule has 0 radical (unpaired) electrons. The van der Waals surface area contributed by atoms with Gasteiger partial charge in [0.1, 0.15) is 10.6 Å². The van der Waals surface area contributed by atoms with Crippen LogP contribution in [0.1, 0.15) is 51.4 Å².